The Bertz CT molecular complexity index is 1030. The minimum absolute atomic E-state index is 0.292. The lowest BCUT2D eigenvalue weighted by Gasteiger charge is -2.30. The molecule has 0 aromatic heterocycles. The monoisotopic (exact) mass is 460 g/mol. The van der Waals surface area contributed by atoms with Crippen LogP contribution in [-0.4, -0.2) is 0 Å². The van der Waals surface area contributed by atoms with Crippen molar-refractivity contribution in [2.45, 2.75) is 57.8 Å². The predicted molar refractivity (Wildman–Crippen MR) is 140 cm³/mol. The summed E-state index contributed by atoms with van der Waals surface area (Å²) in [4.78, 5) is 0. The second kappa shape index (κ2) is 11.7. The van der Waals surface area contributed by atoms with E-state index in [2.05, 4.69) is 61.5 Å². The molecule has 1 aliphatic carbocycles. The molecule has 1 aliphatic rings. The molecule has 0 nitrogen and oxygen atoms in total. The van der Waals surface area contributed by atoms with Gasteiger partial charge in [-0.1, -0.05) is 117 Å². The van der Waals surface area contributed by atoms with Gasteiger partial charge in [0, 0.05) is 10.6 Å². The minimum atomic E-state index is -0.292. The third-order valence-electron chi connectivity index (χ3n) is 7.26. The van der Waals surface area contributed by atoms with Crippen LogP contribution in [0.1, 0.15) is 73.6 Å². The second-order valence-corrected chi connectivity index (χ2v) is 10.2. The van der Waals surface area contributed by atoms with E-state index in [1.165, 1.54) is 55.7 Å². The molecule has 4 rings (SSSR count). The fraction of sp³-hybridized carbons (Fsp3) is 0.355. The predicted octanol–water partition coefficient (Wildman–Crippen LogP) is 9.58. The second-order valence-electron chi connectivity index (χ2n) is 9.71. The Balaban J connectivity index is 1.20. The largest absolute Gasteiger partial charge is 0.206 e. The van der Waals surface area contributed by atoms with Crippen molar-refractivity contribution in [3.8, 4) is 0 Å². The number of hydrogen-bond donors (Lipinski definition) is 0. The van der Waals surface area contributed by atoms with Crippen LogP contribution in [0.15, 0.2) is 72.8 Å². The number of hydrogen-bond acceptors (Lipinski definition) is 0. The molecule has 1 atom stereocenters. The van der Waals surface area contributed by atoms with Crippen LogP contribution in [0, 0.1) is 17.7 Å². The molecule has 0 radical (unpaired) electrons. The van der Waals surface area contributed by atoms with Crippen molar-refractivity contribution in [2.75, 3.05) is 0 Å². The van der Waals surface area contributed by atoms with Crippen molar-refractivity contribution in [3.05, 3.63) is 106 Å². The Morgan fingerprint density at radius 2 is 1.58 bits per heavy atom. The summed E-state index contributed by atoms with van der Waals surface area (Å²) in [5.74, 6) is 2.12. The van der Waals surface area contributed by atoms with Crippen molar-refractivity contribution >= 4 is 23.8 Å². The smallest absolute Gasteiger partial charge is 0.131 e. The summed E-state index contributed by atoms with van der Waals surface area (Å²) in [6.45, 7) is 2.38. The third kappa shape index (κ3) is 7.05. The molecule has 0 N–H and O–H groups in total. The van der Waals surface area contributed by atoms with Gasteiger partial charge in [0.05, 0.1) is 0 Å². The quantitative estimate of drug-likeness (QED) is 0.293. The molecule has 0 bridgehead atoms. The van der Waals surface area contributed by atoms with Gasteiger partial charge in [0.1, 0.15) is 5.82 Å². The van der Waals surface area contributed by atoms with Gasteiger partial charge < -0.3 is 0 Å². The molecular formula is C31H34ClF. The Kier molecular flexibility index (Phi) is 8.40. The van der Waals surface area contributed by atoms with E-state index in [-0.39, 0.29) is 5.82 Å². The minimum Gasteiger partial charge on any atom is -0.206 e. The fourth-order valence-electron chi connectivity index (χ4n) is 5.16. The molecule has 0 amide bonds. The molecular weight excluding hydrogens is 427 g/mol. The summed E-state index contributed by atoms with van der Waals surface area (Å²) in [6.07, 6.45) is 13.0. The van der Waals surface area contributed by atoms with E-state index >= 15 is 0 Å². The molecule has 2 heteroatoms. The molecule has 3 aromatic rings. The van der Waals surface area contributed by atoms with Gasteiger partial charge in [0.2, 0.25) is 0 Å². The summed E-state index contributed by atoms with van der Waals surface area (Å²) in [5.41, 5.74) is 4.51. The molecule has 0 aliphatic heterocycles. The Hall–Kier alpha value is -2.38. The molecule has 0 heterocycles. The van der Waals surface area contributed by atoms with Crippen molar-refractivity contribution in [1.29, 1.82) is 0 Å². The van der Waals surface area contributed by atoms with E-state index in [1.54, 1.807) is 18.2 Å². The van der Waals surface area contributed by atoms with E-state index in [0.717, 1.165) is 23.8 Å². The highest BCUT2D eigenvalue weighted by Crippen LogP contribution is 2.37. The van der Waals surface area contributed by atoms with Crippen LogP contribution in [0.4, 0.5) is 4.39 Å². The lowest BCUT2D eigenvalue weighted by Crippen LogP contribution is -2.16. The molecule has 0 spiro atoms. The average molecular weight is 461 g/mol. The van der Waals surface area contributed by atoms with Crippen LogP contribution in [0.2, 0.25) is 5.02 Å². The van der Waals surface area contributed by atoms with E-state index in [4.69, 9.17) is 11.6 Å². The fourth-order valence-corrected chi connectivity index (χ4v) is 5.32. The number of aryl methyl sites for hydroxylation is 1. The third-order valence-corrected chi connectivity index (χ3v) is 7.50. The standard InChI is InChI=1S/C31H34ClF/c1-23(28-5-3-2-4-6-28)21-27-15-13-25(14-16-27)8-7-24-9-11-26(12-10-24)17-18-29-19-20-30(32)22-31(29)33/h2-6,9-12,17-20,22-23,25,27H,7-8,13-16,21H2,1H3/t23-,25?,27?/m1/s1. The van der Waals surface area contributed by atoms with Crippen LogP contribution >= 0.6 is 11.6 Å². The van der Waals surface area contributed by atoms with Crippen LogP contribution in [0.25, 0.3) is 12.2 Å². The van der Waals surface area contributed by atoms with Crippen molar-refractivity contribution in [3.63, 3.8) is 0 Å². The van der Waals surface area contributed by atoms with Gasteiger partial charge in [-0.2, -0.15) is 0 Å². The zero-order valence-electron chi connectivity index (χ0n) is 19.5. The van der Waals surface area contributed by atoms with Crippen molar-refractivity contribution in [2.24, 2.45) is 11.8 Å². The summed E-state index contributed by atoms with van der Waals surface area (Å²) >= 11 is 5.82. The maximum absolute atomic E-state index is 13.9. The van der Waals surface area contributed by atoms with Crippen LogP contribution < -0.4 is 0 Å². The summed E-state index contributed by atoms with van der Waals surface area (Å²) in [7, 11) is 0. The lowest BCUT2D eigenvalue weighted by molar-refractivity contribution is 0.245. The number of benzene rings is 3. The van der Waals surface area contributed by atoms with Gasteiger partial charge in [-0.15, -0.1) is 0 Å². The van der Waals surface area contributed by atoms with Crippen molar-refractivity contribution in [1.82, 2.24) is 0 Å². The molecule has 3 aromatic carbocycles. The Labute approximate surface area is 203 Å². The topological polar surface area (TPSA) is 0 Å². The van der Waals surface area contributed by atoms with Gasteiger partial charge in [-0.05, 0) is 65.8 Å². The zero-order chi connectivity index (χ0) is 23.0. The maximum atomic E-state index is 13.9. The molecule has 172 valence electrons. The SMILES string of the molecule is C[C@H](CC1CCC(CCc2ccc(C=Cc3ccc(Cl)cc3F)cc2)CC1)c1ccccc1. The Morgan fingerprint density at radius 3 is 2.27 bits per heavy atom. The molecule has 33 heavy (non-hydrogen) atoms. The van der Waals surface area contributed by atoms with Crippen LogP contribution in [0.3, 0.4) is 0 Å². The lowest BCUT2D eigenvalue weighted by atomic mass is 9.76. The van der Waals surface area contributed by atoms with Crippen LogP contribution in [0.5, 0.6) is 0 Å². The van der Waals surface area contributed by atoms with Gasteiger partial charge in [-0.3, -0.25) is 0 Å². The molecule has 1 fully saturated rings. The first-order chi connectivity index (χ1) is 16.1. The van der Waals surface area contributed by atoms with Gasteiger partial charge in [-0.25, -0.2) is 4.39 Å². The van der Waals surface area contributed by atoms with E-state index in [1.807, 2.05) is 6.08 Å². The highest BCUT2D eigenvalue weighted by molar-refractivity contribution is 6.30. The van der Waals surface area contributed by atoms with E-state index < -0.39 is 0 Å². The summed E-state index contributed by atoms with van der Waals surface area (Å²) < 4.78 is 13.9. The zero-order valence-corrected chi connectivity index (χ0v) is 20.3. The summed E-state index contributed by atoms with van der Waals surface area (Å²) in [5, 5.41) is 0.421. The highest BCUT2D eigenvalue weighted by atomic mass is 35.5. The molecule has 0 unspecified atom stereocenters. The van der Waals surface area contributed by atoms with E-state index in [0.29, 0.717) is 16.5 Å². The normalized spacial score (nSPS) is 19.6. The van der Waals surface area contributed by atoms with Gasteiger partial charge in [0.25, 0.3) is 0 Å². The van der Waals surface area contributed by atoms with Gasteiger partial charge in [0.15, 0.2) is 0 Å². The number of rotatable bonds is 8. The highest BCUT2D eigenvalue weighted by Gasteiger charge is 2.23. The average Bonchev–Trinajstić information content (AvgIpc) is 2.84. The van der Waals surface area contributed by atoms with Crippen LogP contribution in [-0.2, 0) is 6.42 Å². The van der Waals surface area contributed by atoms with Crippen molar-refractivity contribution < 1.29 is 4.39 Å². The van der Waals surface area contributed by atoms with E-state index in [9.17, 15) is 4.39 Å². The first-order valence-electron chi connectivity index (χ1n) is 12.3. The first kappa shape index (κ1) is 23.8. The van der Waals surface area contributed by atoms with Gasteiger partial charge >= 0.3 is 0 Å². The maximum Gasteiger partial charge on any atom is 0.131 e. The molecule has 0 saturated heterocycles. The Morgan fingerprint density at radius 1 is 0.879 bits per heavy atom. The summed E-state index contributed by atoms with van der Waals surface area (Å²) in [6, 6.07) is 24.4. The first-order valence-corrected chi connectivity index (χ1v) is 12.7. The number of halogens is 2. The molecule has 1 saturated carbocycles.